The van der Waals surface area contributed by atoms with Crippen molar-refractivity contribution in [3.63, 3.8) is 0 Å². The molecule has 154 valence electrons. The number of piperidine rings is 1. The second-order valence-electron chi connectivity index (χ2n) is 8.65. The van der Waals surface area contributed by atoms with Crippen molar-refractivity contribution in [3.8, 4) is 0 Å². The molecule has 4 rings (SSSR count). The number of benzene rings is 2. The van der Waals surface area contributed by atoms with Gasteiger partial charge in [0.05, 0.1) is 5.92 Å². The summed E-state index contributed by atoms with van der Waals surface area (Å²) in [5, 5.41) is 0. The molecule has 2 aliphatic rings. The summed E-state index contributed by atoms with van der Waals surface area (Å²) in [6.07, 6.45) is 2.16. The lowest BCUT2D eigenvalue weighted by Gasteiger charge is -2.39. The molecule has 0 bridgehead atoms. The van der Waals surface area contributed by atoms with Crippen LogP contribution in [0.1, 0.15) is 29.5 Å². The van der Waals surface area contributed by atoms with Gasteiger partial charge in [0.1, 0.15) is 0 Å². The van der Waals surface area contributed by atoms with E-state index in [-0.39, 0.29) is 5.92 Å². The van der Waals surface area contributed by atoms with Gasteiger partial charge in [-0.3, -0.25) is 14.6 Å². The summed E-state index contributed by atoms with van der Waals surface area (Å²) in [5.41, 5.74) is 4.01. The Bertz CT molecular complexity index is 799. The first-order valence-electron chi connectivity index (χ1n) is 11.0. The lowest BCUT2D eigenvalue weighted by atomic mass is 9.95. The van der Waals surface area contributed by atoms with Gasteiger partial charge in [0.25, 0.3) is 0 Å². The fourth-order valence-electron chi connectivity index (χ4n) is 4.70. The molecule has 2 fully saturated rings. The molecule has 1 amide bonds. The van der Waals surface area contributed by atoms with Crippen LogP contribution in [0.3, 0.4) is 0 Å². The van der Waals surface area contributed by atoms with E-state index in [0.29, 0.717) is 5.91 Å². The average molecular weight is 392 g/mol. The minimum absolute atomic E-state index is 0.161. The van der Waals surface area contributed by atoms with Crippen molar-refractivity contribution >= 4 is 5.91 Å². The number of likely N-dealkylation sites (tertiary alicyclic amines) is 1. The summed E-state index contributed by atoms with van der Waals surface area (Å²) in [5.74, 6) is 0.535. The first-order valence-corrected chi connectivity index (χ1v) is 11.0. The number of nitrogens with zero attached hydrogens (tertiary/aromatic N) is 3. The van der Waals surface area contributed by atoms with Crippen LogP contribution in [-0.4, -0.2) is 59.9 Å². The fraction of sp³-hybridized carbons (Fsp3) is 0.480. The average Bonchev–Trinajstić information content (AvgIpc) is 2.75. The predicted molar refractivity (Wildman–Crippen MR) is 117 cm³/mol. The third kappa shape index (κ3) is 5.46. The molecule has 0 aliphatic carbocycles. The van der Waals surface area contributed by atoms with E-state index in [0.717, 1.165) is 65.2 Å². The van der Waals surface area contributed by atoms with Crippen LogP contribution < -0.4 is 0 Å². The van der Waals surface area contributed by atoms with Crippen LogP contribution in [0.25, 0.3) is 0 Å². The molecule has 4 heteroatoms. The Labute approximate surface area is 175 Å². The number of carbonyl (C=O) groups is 1. The highest BCUT2D eigenvalue weighted by molar-refractivity contribution is 5.79. The molecule has 29 heavy (non-hydrogen) atoms. The number of amides is 1. The van der Waals surface area contributed by atoms with Crippen molar-refractivity contribution in [2.24, 2.45) is 5.92 Å². The number of aryl methyl sites for hydroxylation is 1. The Hall–Kier alpha value is -2.17. The van der Waals surface area contributed by atoms with Gasteiger partial charge in [0.15, 0.2) is 0 Å². The molecule has 2 saturated heterocycles. The van der Waals surface area contributed by atoms with Crippen LogP contribution in [-0.2, 0) is 17.9 Å². The fourth-order valence-corrected chi connectivity index (χ4v) is 4.70. The van der Waals surface area contributed by atoms with Gasteiger partial charge >= 0.3 is 0 Å². The minimum atomic E-state index is 0.161. The second kappa shape index (κ2) is 9.55. The highest BCUT2D eigenvalue weighted by Gasteiger charge is 2.31. The predicted octanol–water partition coefficient (Wildman–Crippen LogP) is 3.55. The van der Waals surface area contributed by atoms with Crippen molar-refractivity contribution in [2.75, 3.05) is 39.3 Å². The molecule has 2 aliphatic heterocycles. The lowest BCUT2D eigenvalue weighted by Crippen LogP contribution is -2.52. The molecule has 0 radical (unpaired) electrons. The number of rotatable bonds is 5. The van der Waals surface area contributed by atoms with E-state index < -0.39 is 0 Å². The van der Waals surface area contributed by atoms with Crippen LogP contribution in [0.4, 0.5) is 0 Å². The van der Waals surface area contributed by atoms with Crippen LogP contribution in [0.2, 0.25) is 0 Å². The van der Waals surface area contributed by atoms with E-state index in [2.05, 4.69) is 76.2 Å². The number of carbonyl (C=O) groups excluding carboxylic acids is 1. The van der Waals surface area contributed by atoms with Gasteiger partial charge in [-0.15, -0.1) is 0 Å². The molecular formula is C25H33N3O. The molecule has 1 unspecified atom stereocenters. The zero-order valence-corrected chi connectivity index (χ0v) is 17.6. The van der Waals surface area contributed by atoms with E-state index in [1.807, 2.05) is 0 Å². The standard InChI is InChI=1S/C25H33N3O/c1-21-7-5-10-23(17-21)19-27-12-6-11-24(20-27)25(29)28-15-13-26(14-16-28)18-22-8-3-2-4-9-22/h2-5,7-10,17,24H,6,11-16,18-20H2,1H3. The van der Waals surface area contributed by atoms with Crippen LogP contribution in [0.15, 0.2) is 54.6 Å². The minimum Gasteiger partial charge on any atom is -0.340 e. The van der Waals surface area contributed by atoms with Gasteiger partial charge in [-0.05, 0) is 37.4 Å². The molecular weight excluding hydrogens is 358 g/mol. The molecule has 2 heterocycles. The molecule has 1 atom stereocenters. The number of piperazine rings is 1. The second-order valence-corrected chi connectivity index (χ2v) is 8.65. The molecule has 0 aromatic heterocycles. The van der Waals surface area contributed by atoms with E-state index in [1.165, 1.54) is 16.7 Å². The van der Waals surface area contributed by atoms with Crippen molar-refractivity contribution in [1.29, 1.82) is 0 Å². The van der Waals surface area contributed by atoms with Crippen LogP contribution >= 0.6 is 0 Å². The Morgan fingerprint density at radius 3 is 2.34 bits per heavy atom. The van der Waals surface area contributed by atoms with Gasteiger partial charge in [0.2, 0.25) is 5.91 Å². The summed E-state index contributed by atoms with van der Waals surface area (Å²) in [7, 11) is 0. The van der Waals surface area contributed by atoms with E-state index in [1.54, 1.807) is 0 Å². The number of hydrogen-bond donors (Lipinski definition) is 0. The first kappa shape index (κ1) is 20.1. The van der Waals surface area contributed by atoms with Gasteiger partial charge in [-0.25, -0.2) is 0 Å². The maximum atomic E-state index is 13.2. The molecule has 0 N–H and O–H groups in total. The Morgan fingerprint density at radius 2 is 1.59 bits per heavy atom. The molecule has 0 spiro atoms. The Morgan fingerprint density at radius 1 is 0.862 bits per heavy atom. The summed E-state index contributed by atoms with van der Waals surface area (Å²) in [6, 6.07) is 19.4. The maximum Gasteiger partial charge on any atom is 0.227 e. The number of hydrogen-bond acceptors (Lipinski definition) is 3. The van der Waals surface area contributed by atoms with Gasteiger partial charge in [-0.1, -0.05) is 60.2 Å². The highest BCUT2D eigenvalue weighted by Crippen LogP contribution is 2.22. The lowest BCUT2D eigenvalue weighted by molar-refractivity contribution is -0.139. The summed E-state index contributed by atoms with van der Waals surface area (Å²) >= 11 is 0. The van der Waals surface area contributed by atoms with E-state index >= 15 is 0 Å². The van der Waals surface area contributed by atoms with Crippen molar-refractivity contribution in [3.05, 3.63) is 71.3 Å². The summed E-state index contributed by atoms with van der Waals surface area (Å²) in [6.45, 7) is 9.75. The Kier molecular flexibility index (Phi) is 6.63. The third-order valence-corrected chi connectivity index (χ3v) is 6.28. The quantitative estimate of drug-likeness (QED) is 0.780. The molecule has 0 saturated carbocycles. The monoisotopic (exact) mass is 391 g/mol. The largest absolute Gasteiger partial charge is 0.340 e. The zero-order valence-electron chi connectivity index (χ0n) is 17.6. The normalized spacial score (nSPS) is 21.3. The van der Waals surface area contributed by atoms with Crippen molar-refractivity contribution in [1.82, 2.24) is 14.7 Å². The van der Waals surface area contributed by atoms with Crippen molar-refractivity contribution in [2.45, 2.75) is 32.9 Å². The highest BCUT2D eigenvalue weighted by atomic mass is 16.2. The molecule has 2 aromatic carbocycles. The molecule has 2 aromatic rings. The van der Waals surface area contributed by atoms with E-state index in [4.69, 9.17) is 0 Å². The van der Waals surface area contributed by atoms with Crippen molar-refractivity contribution < 1.29 is 4.79 Å². The van der Waals surface area contributed by atoms with E-state index in [9.17, 15) is 4.79 Å². The Balaban J connectivity index is 1.27. The van der Waals surface area contributed by atoms with Gasteiger partial charge in [-0.2, -0.15) is 0 Å². The van der Waals surface area contributed by atoms with Crippen LogP contribution in [0.5, 0.6) is 0 Å². The SMILES string of the molecule is Cc1cccc(CN2CCCC(C(=O)N3CCN(Cc4ccccc4)CC3)C2)c1. The smallest absolute Gasteiger partial charge is 0.227 e. The zero-order chi connectivity index (χ0) is 20.1. The van der Waals surface area contributed by atoms with Gasteiger partial charge < -0.3 is 4.90 Å². The topological polar surface area (TPSA) is 26.8 Å². The van der Waals surface area contributed by atoms with Crippen LogP contribution in [0, 0.1) is 12.8 Å². The summed E-state index contributed by atoms with van der Waals surface area (Å²) < 4.78 is 0. The maximum absolute atomic E-state index is 13.2. The summed E-state index contributed by atoms with van der Waals surface area (Å²) in [4.78, 5) is 20.2. The third-order valence-electron chi connectivity index (χ3n) is 6.28. The van der Waals surface area contributed by atoms with Gasteiger partial charge in [0, 0.05) is 45.8 Å². The first-order chi connectivity index (χ1) is 14.2. The molecule has 4 nitrogen and oxygen atoms in total.